The van der Waals surface area contributed by atoms with Gasteiger partial charge in [-0.15, -0.1) is 0 Å². The fourth-order valence-electron chi connectivity index (χ4n) is 2.74. The molecule has 2 unspecified atom stereocenters. The molecular formula is C8H16N2. The minimum Gasteiger partial charge on any atom is -0.327 e. The summed E-state index contributed by atoms with van der Waals surface area (Å²) in [7, 11) is 2.19. The molecule has 2 aliphatic rings. The Hall–Kier alpha value is -0.0800. The third kappa shape index (κ3) is 0.663. The Balaban J connectivity index is 2.12. The summed E-state index contributed by atoms with van der Waals surface area (Å²) in [5.74, 6) is 0.789. The fourth-order valence-corrected chi connectivity index (χ4v) is 2.74. The van der Waals surface area contributed by atoms with E-state index in [9.17, 15) is 0 Å². The van der Waals surface area contributed by atoms with Crippen molar-refractivity contribution < 1.29 is 0 Å². The Morgan fingerprint density at radius 3 is 2.70 bits per heavy atom. The summed E-state index contributed by atoms with van der Waals surface area (Å²) < 4.78 is 0. The van der Waals surface area contributed by atoms with Gasteiger partial charge in [-0.2, -0.15) is 0 Å². The molecule has 1 aliphatic carbocycles. The largest absolute Gasteiger partial charge is 0.327 e. The fraction of sp³-hybridized carbons (Fsp3) is 1.00. The first-order chi connectivity index (χ1) is 4.62. The summed E-state index contributed by atoms with van der Waals surface area (Å²) in [6, 6.07) is 0.495. The van der Waals surface area contributed by atoms with Gasteiger partial charge in [0.1, 0.15) is 0 Å². The average molecular weight is 140 g/mol. The molecule has 1 heterocycles. The van der Waals surface area contributed by atoms with E-state index in [0.29, 0.717) is 11.5 Å². The minimum atomic E-state index is 0.495. The number of fused-ring (bicyclic) bond motifs is 1. The van der Waals surface area contributed by atoms with E-state index in [1.165, 1.54) is 19.5 Å². The lowest BCUT2D eigenvalue weighted by molar-refractivity contribution is 0.0761. The molecule has 0 aromatic carbocycles. The maximum Gasteiger partial charge on any atom is 0.00908 e. The predicted molar refractivity (Wildman–Crippen MR) is 41.7 cm³/mol. The van der Waals surface area contributed by atoms with Crippen LogP contribution in [0.2, 0.25) is 0 Å². The molecule has 1 aliphatic heterocycles. The molecule has 0 radical (unpaired) electrons. The first-order valence-corrected chi connectivity index (χ1v) is 4.06. The zero-order chi connectivity index (χ0) is 7.35. The summed E-state index contributed by atoms with van der Waals surface area (Å²) in [5.41, 5.74) is 6.46. The Labute approximate surface area is 62.4 Å². The van der Waals surface area contributed by atoms with E-state index in [4.69, 9.17) is 5.73 Å². The predicted octanol–water partition coefficient (Wildman–Crippen LogP) is 0.285. The molecule has 0 bridgehead atoms. The quantitative estimate of drug-likeness (QED) is 0.524. The number of nitrogens with two attached hydrogens (primary N) is 1. The van der Waals surface area contributed by atoms with E-state index in [2.05, 4.69) is 18.9 Å². The highest BCUT2D eigenvalue weighted by molar-refractivity contribution is 5.07. The van der Waals surface area contributed by atoms with Crippen LogP contribution in [0.3, 0.4) is 0 Å². The van der Waals surface area contributed by atoms with Crippen molar-refractivity contribution >= 4 is 0 Å². The monoisotopic (exact) mass is 140 g/mol. The van der Waals surface area contributed by atoms with Crippen molar-refractivity contribution in [3.05, 3.63) is 0 Å². The Kier molecular flexibility index (Phi) is 1.15. The molecule has 2 fully saturated rings. The van der Waals surface area contributed by atoms with E-state index in [-0.39, 0.29) is 0 Å². The van der Waals surface area contributed by atoms with Crippen molar-refractivity contribution in [2.24, 2.45) is 17.1 Å². The first-order valence-electron chi connectivity index (χ1n) is 4.06. The van der Waals surface area contributed by atoms with Crippen LogP contribution in [0.15, 0.2) is 0 Å². The van der Waals surface area contributed by atoms with Gasteiger partial charge < -0.3 is 10.6 Å². The van der Waals surface area contributed by atoms with Crippen LogP contribution in [0.25, 0.3) is 0 Å². The van der Waals surface area contributed by atoms with Gasteiger partial charge in [-0.3, -0.25) is 0 Å². The Morgan fingerprint density at radius 1 is 1.60 bits per heavy atom. The lowest BCUT2D eigenvalue weighted by Crippen LogP contribution is -2.53. The second-order valence-corrected chi connectivity index (χ2v) is 4.33. The summed E-state index contributed by atoms with van der Waals surface area (Å²) in [6.07, 6.45) is 1.24. The lowest BCUT2D eigenvalue weighted by Gasteiger charge is -2.46. The van der Waals surface area contributed by atoms with Gasteiger partial charge in [0.25, 0.3) is 0 Å². The molecule has 3 atom stereocenters. The van der Waals surface area contributed by atoms with Gasteiger partial charge in [0, 0.05) is 19.1 Å². The van der Waals surface area contributed by atoms with Gasteiger partial charge in [-0.05, 0) is 24.8 Å². The maximum absolute atomic E-state index is 5.88. The number of hydrogen-bond donors (Lipinski definition) is 1. The number of rotatable bonds is 0. The van der Waals surface area contributed by atoms with Gasteiger partial charge in [-0.1, -0.05) is 6.92 Å². The molecular weight excluding hydrogens is 124 g/mol. The molecule has 2 N–H and O–H groups in total. The van der Waals surface area contributed by atoms with Gasteiger partial charge in [0.2, 0.25) is 0 Å². The van der Waals surface area contributed by atoms with Gasteiger partial charge in [0.05, 0.1) is 0 Å². The highest BCUT2D eigenvalue weighted by atomic mass is 15.2. The molecule has 10 heavy (non-hydrogen) atoms. The molecule has 0 spiro atoms. The van der Waals surface area contributed by atoms with Crippen LogP contribution in [0.1, 0.15) is 13.3 Å². The zero-order valence-corrected chi connectivity index (χ0v) is 6.80. The minimum absolute atomic E-state index is 0.495. The number of nitrogens with zero attached hydrogens (tertiary/aromatic N) is 1. The summed E-state index contributed by atoms with van der Waals surface area (Å²) in [5, 5.41) is 0. The van der Waals surface area contributed by atoms with Crippen molar-refractivity contribution in [1.29, 1.82) is 0 Å². The Morgan fingerprint density at radius 2 is 2.30 bits per heavy atom. The van der Waals surface area contributed by atoms with E-state index < -0.39 is 0 Å². The van der Waals surface area contributed by atoms with Gasteiger partial charge in [-0.25, -0.2) is 0 Å². The molecule has 1 saturated heterocycles. The number of likely N-dealkylation sites (tertiary alicyclic amines) is 1. The first kappa shape index (κ1) is 6.62. The lowest BCUT2D eigenvalue weighted by atomic mass is 9.60. The molecule has 1 saturated carbocycles. The van der Waals surface area contributed by atoms with Crippen molar-refractivity contribution in [3.8, 4) is 0 Å². The maximum atomic E-state index is 5.88. The third-order valence-electron chi connectivity index (χ3n) is 3.25. The normalized spacial score (nSPS) is 54.3. The highest BCUT2D eigenvalue weighted by Gasteiger charge is 2.53. The van der Waals surface area contributed by atoms with Crippen molar-refractivity contribution in [2.45, 2.75) is 19.4 Å². The van der Waals surface area contributed by atoms with Gasteiger partial charge in [0.15, 0.2) is 0 Å². The highest BCUT2D eigenvalue weighted by Crippen LogP contribution is 2.50. The van der Waals surface area contributed by atoms with Crippen molar-refractivity contribution in [3.63, 3.8) is 0 Å². The smallest absolute Gasteiger partial charge is 0.00908 e. The molecule has 2 heteroatoms. The van der Waals surface area contributed by atoms with Crippen LogP contribution in [-0.2, 0) is 0 Å². The van der Waals surface area contributed by atoms with E-state index in [1.807, 2.05) is 0 Å². The standard InChI is InChI=1S/C8H16N2/c1-8-3-7(9)6(8)4-10(2)5-8/h6-7H,3-5,9H2,1-2H3/t6?,7-,8?/m0/s1. The van der Waals surface area contributed by atoms with Gasteiger partial charge >= 0.3 is 0 Å². The van der Waals surface area contributed by atoms with Crippen LogP contribution in [0.4, 0.5) is 0 Å². The molecule has 0 amide bonds. The van der Waals surface area contributed by atoms with E-state index >= 15 is 0 Å². The molecule has 0 aromatic heterocycles. The molecule has 58 valence electrons. The summed E-state index contributed by atoms with van der Waals surface area (Å²) in [6.45, 7) is 4.84. The SMILES string of the molecule is CN1CC2[C@@H](N)CC2(C)C1. The summed E-state index contributed by atoms with van der Waals surface area (Å²) in [4.78, 5) is 2.40. The van der Waals surface area contributed by atoms with Crippen LogP contribution in [0, 0.1) is 11.3 Å². The summed E-state index contributed by atoms with van der Waals surface area (Å²) >= 11 is 0. The third-order valence-corrected chi connectivity index (χ3v) is 3.25. The average Bonchev–Trinajstić information content (AvgIpc) is 2.03. The van der Waals surface area contributed by atoms with Crippen molar-refractivity contribution in [2.75, 3.05) is 20.1 Å². The van der Waals surface area contributed by atoms with Crippen LogP contribution < -0.4 is 5.73 Å². The van der Waals surface area contributed by atoms with Crippen LogP contribution in [-0.4, -0.2) is 31.1 Å². The molecule has 0 aromatic rings. The van der Waals surface area contributed by atoms with E-state index in [1.54, 1.807) is 0 Å². The van der Waals surface area contributed by atoms with Crippen LogP contribution in [0.5, 0.6) is 0 Å². The van der Waals surface area contributed by atoms with Crippen LogP contribution >= 0.6 is 0 Å². The van der Waals surface area contributed by atoms with Crippen molar-refractivity contribution in [1.82, 2.24) is 4.90 Å². The van der Waals surface area contributed by atoms with E-state index in [0.717, 1.165) is 5.92 Å². The molecule has 2 rings (SSSR count). The Bertz CT molecular complexity index is 157. The second kappa shape index (κ2) is 1.74. The molecule has 2 nitrogen and oxygen atoms in total. The number of hydrogen-bond acceptors (Lipinski definition) is 2. The second-order valence-electron chi connectivity index (χ2n) is 4.33. The zero-order valence-electron chi connectivity index (χ0n) is 6.80. The topological polar surface area (TPSA) is 29.3 Å².